The summed E-state index contributed by atoms with van der Waals surface area (Å²) in [4.78, 5) is 0. The van der Waals surface area contributed by atoms with Crippen LogP contribution in [-0.2, 0) is 12.8 Å². The molecule has 2 atom stereocenters. The summed E-state index contributed by atoms with van der Waals surface area (Å²) in [7, 11) is 1.78. The van der Waals surface area contributed by atoms with E-state index >= 15 is 0 Å². The highest BCUT2D eigenvalue weighted by Gasteiger charge is 2.13. The topological polar surface area (TPSA) is 9.23 Å². The molecule has 0 bridgehead atoms. The predicted molar refractivity (Wildman–Crippen MR) is 112 cm³/mol. The summed E-state index contributed by atoms with van der Waals surface area (Å²) in [6.07, 6.45) is 14.5. The van der Waals surface area contributed by atoms with Gasteiger partial charge in [0.25, 0.3) is 0 Å². The highest BCUT2D eigenvalue weighted by atomic mass is 16.5. The zero-order valence-electron chi connectivity index (χ0n) is 17.6. The van der Waals surface area contributed by atoms with Crippen molar-refractivity contribution in [3.63, 3.8) is 0 Å². The Bertz CT molecular complexity index is 451. The molecule has 1 aromatic rings. The van der Waals surface area contributed by atoms with Crippen LogP contribution in [0.3, 0.4) is 0 Å². The number of benzene rings is 1. The minimum atomic E-state index is 0.813. The zero-order chi connectivity index (χ0) is 18.5. The lowest BCUT2D eigenvalue weighted by atomic mass is 9.86. The molecule has 1 nitrogen and oxygen atoms in total. The fourth-order valence-electron chi connectivity index (χ4n) is 3.82. The number of hydrogen-bond acceptors (Lipinski definition) is 1. The molecular weight excluding hydrogens is 304 g/mol. The van der Waals surface area contributed by atoms with E-state index in [0.717, 1.165) is 17.6 Å². The second-order valence-corrected chi connectivity index (χ2v) is 7.71. The van der Waals surface area contributed by atoms with Gasteiger partial charge >= 0.3 is 0 Å². The van der Waals surface area contributed by atoms with E-state index in [9.17, 15) is 0 Å². The third-order valence-electron chi connectivity index (χ3n) is 5.83. The lowest BCUT2D eigenvalue weighted by molar-refractivity contribution is 0.408. The molecule has 1 heteroatoms. The molecule has 0 saturated carbocycles. The maximum atomic E-state index is 5.51. The van der Waals surface area contributed by atoms with Gasteiger partial charge in [0.2, 0.25) is 0 Å². The van der Waals surface area contributed by atoms with Crippen LogP contribution in [0.1, 0.15) is 96.6 Å². The highest BCUT2D eigenvalue weighted by molar-refractivity contribution is 5.36. The molecule has 0 saturated heterocycles. The summed E-state index contributed by atoms with van der Waals surface area (Å²) in [5, 5.41) is 0. The van der Waals surface area contributed by atoms with Gasteiger partial charge in [0.1, 0.15) is 5.75 Å². The van der Waals surface area contributed by atoms with Crippen molar-refractivity contribution in [3.05, 3.63) is 29.3 Å². The van der Waals surface area contributed by atoms with Gasteiger partial charge in [-0.15, -0.1) is 0 Å². The maximum absolute atomic E-state index is 5.51. The van der Waals surface area contributed by atoms with E-state index in [0.29, 0.717) is 0 Å². The number of unbranched alkanes of at least 4 members (excludes halogenated alkanes) is 2. The fourth-order valence-corrected chi connectivity index (χ4v) is 3.82. The molecule has 0 heterocycles. The average Bonchev–Trinajstić information content (AvgIpc) is 2.65. The van der Waals surface area contributed by atoms with Gasteiger partial charge in [-0.25, -0.2) is 0 Å². The van der Waals surface area contributed by atoms with E-state index in [-0.39, 0.29) is 0 Å². The largest absolute Gasteiger partial charge is 0.497 e. The molecule has 0 N–H and O–H groups in total. The summed E-state index contributed by atoms with van der Waals surface area (Å²) >= 11 is 0. The van der Waals surface area contributed by atoms with Gasteiger partial charge in [-0.3, -0.25) is 0 Å². The van der Waals surface area contributed by atoms with Crippen molar-refractivity contribution in [2.75, 3.05) is 7.11 Å². The van der Waals surface area contributed by atoms with Gasteiger partial charge in [-0.1, -0.05) is 85.1 Å². The summed E-state index contributed by atoms with van der Waals surface area (Å²) in [5.41, 5.74) is 3.10. The highest BCUT2D eigenvalue weighted by Crippen LogP contribution is 2.27. The molecule has 2 unspecified atom stereocenters. The molecule has 0 aliphatic rings. The Kier molecular flexibility index (Phi) is 11.7. The van der Waals surface area contributed by atoms with Crippen molar-refractivity contribution in [1.29, 1.82) is 0 Å². The van der Waals surface area contributed by atoms with E-state index in [1.165, 1.54) is 76.2 Å². The normalized spacial score (nSPS) is 13.6. The minimum Gasteiger partial charge on any atom is -0.497 e. The van der Waals surface area contributed by atoms with Gasteiger partial charge in [0, 0.05) is 0 Å². The third kappa shape index (κ3) is 8.29. The standard InChI is InChI=1S/C24H42O/c1-6-10-12-20(8-3)14-15-22-16-17-24(25-5)19-23(22)18-21(9-4)13-11-7-2/h16-17,19-21H,6-15,18H2,1-5H3. The van der Waals surface area contributed by atoms with Crippen molar-refractivity contribution in [2.45, 2.75) is 98.3 Å². The number of ether oxygens (including phenoxy) is 1. The lowest BCUT2D eigenvalue weighted by Crippen LogP contribution is -2.08. The average molecular weight is 347 g/mol. The van der Waals surface area contributed by atoms with Crippen molar-refractivity contribution in [2.24, 2.45) is 11.8 Å². The molecule has 0 aromatic heterocycles. The Morgan fingerprint density at radius 1 is 0.800 bits per heavy atom. The number of rotatable bonds is 14. The Morgan fingerprint density at radius 2 is 1.44 bits per heavy atom. The Morgan fingerprint density at radius 3 is 2.00 bits per heavy atom. The summed E-state index contributed by atoms with van der Waals surface area (Å²) in [6.45, 7) is 9.30. The van der Waals surface area contributed by atoms with Crippen molar-refractivity contribution >= 4 is 0 Å². The van der Waals surface area contributed by atoms with Crippen LogP contribution < -0.4 is 4.74 Å². The summed E-state index contributed by atoms with van der Waals surface area (Å²) < 4.78 is 5.51. The van der Waals surface area contributed by atoms with Crippen molar-refractivity contribution in [3.8, 4) is 5.75 Å². The Balaban J connectivity index is 2.79. The molecule has 0 aliphatic heterocycles. The van der Waals surface area contributed by atoms with Crippen LogP contribution in [0.25, 0.3) is 0 Å². The quantitative estimate of drug-likeness (QED) is 0.337. The summed E-state index contributed by atoms with van der Waals surface area (Å²) in [5.74, 6) is 2.71. The molecule has 0 radical (unpaired) electrons. The second-order valence-electron chi connectivity index (χ2n) is 7.71. The lowest BCUT2D eigenvalue weighted by Gasteiger charge is -2.20. The van der Waals surface area contributed by atoms with Crippen LogP contribution in [-0.4, -0.2) is 7.11 Å². The van der Waals surface area contributed by atoms with Crippen LogP contribution in [0.2, 0.25) is 0 Å². The van der Waals surface area contributed by atoms with Crippen LogP contribution in [0.4, 0.5) is 0 Å². The first-order valence-corrected chi connectivity index (χ1v) is 10.8. The van der Waals surface area contributed by atoms with Gasteiger partial charge in [-0.05, 0) is 54.4 Å². The van der Waals surface area contributed by atoms with Crippen LogP contribution in [0, 0.1) is 11.8 Å². The number of aryl methyl sites for hydroxylation is 1. The molecule has 1 rings (SSSR count). The third-order valence-corrected chi connectivity index (χ3v) is 5.83. The smallest absolute Gasteiger partial charge is 0.119 e. The van der Waals surface area contributed by atoms with E-state index in [4.69, 9.17) is 4.74 Å². The molecule has 1 aromatic carbocycles. The SMILES string of the molecule is CCCCC(CC)CCc1ccc(OC)cc1CC(CC)CCCC. The van der Waals surface area contributed by atoms with E-state index in [1.54, 1.807) is 12.7 Å². The molecule has 0 amide bonds. The van der Waals surface area contributed by atoms with Gasteiger partial charge in [0.05, 0.1) is 7.11 Å². The van der Waals surface area contributed by atoms with Crippen LogP contribution in [0.15, 0.2) is 18.2 Å². The molecule has 25 heavy (non-hydrogen) atoms. The van der Waals surface area contributed by atoms with Crippen molar-refractivity contribution in [1.82, 2.24) is 0 Å². The first kappa shape index (κ1) is 22.1. The molecular formula is C24H42O. The van der Waals surface area contributed by atoms with E-state index < -0.39 is 0 Å². The molecule has 0 aliphatic carbocycles. The number of hydrogen-bond donors (Lipinski definition) is 0. The fraction of sp³-hybridized carbons (Fsp3) is 0.750. The molecule has 0 fully saturated rings. The first-order valence-electron chi connectivity index (χ1n) is 10.8. The number of methoxy groups -OCH3 is 1. The Hall–Kier alpha value is -0.980. The van der Waals surface area contributed by atoms with Gasteiger partial charge < -0.3 is 4.74 Å². The van der Waals surface area contributed by atoms with Crippen LogP contribution >= 0.6 is 0 Å². The first-order chi connectivity index (χ1) is 12.2. The van der Waals surface area contributed by atoms with Crippen molar-refractivity contribution < 1.29 is 4.74 Å². The molecule has 144 valence electrons. The second kappa shape index (κ2) is 13.3. The van der Waals surface area contributed by atoms with E-state index in [2.05, 4.69) is 45.9 Å². The zero-order valence-corrected chi connectivity index (χ0v) is 17.6. The predicted octanol–water partition coefficient (Wildman–Crippen LogP) is 7.60. The summed E-state index contributed by atoms with van der Waals surface area (Å²) in [6, 6.07) is 6.78. The molecule has 0 spiro atoms. The van der Waals surface area contributed by atoms with Crippen LogP contribution in [0.5, 0.6) is 5.75 Å². The monoisotopic (exact) mass is 346 g/mol. The maximum Gasteiger partial charge on any atom is 0.119 e. The van der Waals surface area contributed by atoms with E-state index in [1.807, 2.05) is 0 Å². The Labute approximate surface area is 157 Å². The minimum absolute atomic E-state index is 0.813. The van der Waals surface area contributed by atoms with Gasteiger partial charge in [-0.2, -0.15) is 0 Å². The van der Waals surface area contributed by atoms with Gasteiger partial charge in [0.15, 0.2) is 0 Å².